The minimum absolute atomic E-state index is 0.129. The van der Waals surface area contributed by atoms with Crippen molar-refractivity contribution in [1.82, 2.24) is 5.32 Å². The lowest BCUT2D eigenvalue weighted by atomic mass is 9.96. The molecular formula is C22H35NO9S. The van der Waals surface area contributed by atoms with E-state index >= 15 is 0 Å². The molecule has 0 saturated carbocycles. The van der Waals surface area contributed by atoms with Crippen LogP contribution in [0.15, 0.2) is 30.3 Å². The quantitative estimate of drug-likeness (QED) is 0.243. The van der Waals surface area contributed by atoms with Crippen LogP contribution in [0.3, 0.4) is 0 Å². The largest absolute Gasteiger partial charge is 0.466 e. The van der Waals surface area contributed by atoms with Gasteiger partial charge in [-0.15, -0.1) is 0 Å². The summed E-state index contributed by atoms with van der Waals surface area (Å²) in [4.78, 5) is 12.5. The summed E-state index contributed by atoms with van der Waals surface area (Å²) in [5, 5.41) is 42.4. The summed E-state index contributed by atoms with van der Waals surface area (Å²) >= 11 is 0. The highest BCUT2D eigenvalue weighted by Gasteiger charge is 2.45. The highest BCUT2D eigenvalue weighted by atomic mass is 32.2. The number of carbonyl (C=O) groups excluding carboxylic acids is 1. The van der Waals surface area contributed by atoms with Crippen molar-refractivity contribution in [3.05, 3.63) is 35.9 Å². The molecule has 1 saturated heterocycles. The Hall–Kier alpha value is -1.60. The molecule has 0 aromatic heterocycles. The molecule has 0 amide bonds. The molecule has 1 fully saturated rings. The number of aliphatic hydroxyl groups is 4. The van der Waals surface area contributed by atoms with E-state index in [2.05, 4.69) is 5.32 Å². The Morgan fingerprint density at radius 1 is 1.18 bits per heavy atom. The molecule has 0 radical (unpaired) electrons. The first-order valence-electron chi connectivity index (χ1n) is 10.9. The number of nitrogens with one attached hydrogen (secondary N) is 1. The first-order valence-corrected chi connectivity index (χ1v) is 12.6. The SMILES string of the molecule is CCOC(=O)[C@H](Cc1ccccc1)CS(=O)(=O)C(C)(C)CN[C@H]1[C@@H](O)[C@H](O)[C@@H](CO)O[C@@H]1O. The van der Waals surface area contributed by atoms with E-state index in [1.165, 1.54) is 13.8 Å². The fraction of sp³-hybridized carbons (Fsp3) is 0.682. The number of esters is 1. The lowest BCUT2D eigenvalue weighted by Crippen LogP contribution is -2.64. The van der Waals surface area contributed by atoms with Crippen molar-refractivity contribution in [3.63, 3.8) is 0 Å². The molecule has 1 aromatic carbocycles. The van der Waals surface area contributed by atoms with E-state index in [9.17, 15) is 33.6 Å². The first-order chi connectivity index (χ1) is 15.4. The summed E-state index contributed by atoms with van der Waals surface area (Å²) in [5.74, 6) is -1.95. The Morgan fingerprint density at radius 2 is 1.82 bits per heavy atom. The monoisotopic (exact) mass is 489 g/mol. The molecule has 1 aromatic rings. The number of ether oxygens (including phenoxy) is 2. The molecule has 2 rings (SSSR count). The average Bonchev–Trinajstić information content (AvgIpc) is 2.76. The van der Waals surface area contributed by atoms with Gasteiger partial charge in [0.2, 0.25) is 0 Å². The topological polar surface area (TPSA) is 163 Å². The van der Waals surface area contributed by atoms with Crippen LogP contribution in [0.4, 0.5) is 0 Å². The van der Waals surface area contributed by atoms with Gasteiger partial charge in [0, 0.05) is 6.54 Å². The second kappa shape index (κ2) is 11.7. The van der Waals surface area contributed by atoms with Crippen LogP contribution in [0.5, 0.6) is 0 Å². The minimum atomic E-state index is -3.88. The van der Waals surface area contributed by atoms with Crippen LogP contribution >= 0.6 is 0 Å². The molecule has 0 spiro atoms. The van der Waals surface area contributed by atoms with Gasteiger partial charge >= 0.3 is 5.97 Å². The summed E-state index contributed by atoms with van der Waals surface area (Å²) in [6.45, 7) is 3.92. The standard InChI is InChI=1S/C22H35NO9S/c1-4-31-20(27)15(10-14-8-6-5-7-9-14)12-33(29,30)22(2,3)13-23-17-19(26)18(25)16(11-24)32-21(17)28/h5-9,15-19,21,23-26,28H,4,10-13H2,1-3H3/t15-,16-,17+,18-,19-,21+/m1/s1. The smallest absolute Gasteiger partial charge is 0.310 e. The minimum Gasteiger partial charge on any atom is -0.466 e. The second-order valence-electron chi connectivity index (χ2n) is 8.82. The molecule has 1 heterocycles. The van der Waals surface area contributed by atoms with Gasteiger partial charge in [0.1, 0.15) is 18.3 Å². The summed E-state index contributed by atoms with van der Waals surface area (Å²) in [7, 11) is -3.88. The zero-order valence-electron chi connectivity index (χ0n) is 19.1. The van der Waals surface area contributed by atoms with Crippen LogP contribution in [0.25, 0.3) is 0 Å². The lowest BCUT2D eigenvalue weighted by molar-refractivity contribution is -0.254. The molecule has 1 aliphatic rings. The van der Waals surface area contributed by atoms with Gasteiger partial charge in [-0.3, -0.25) is 4.79 Å². The third-order valence-electron chi connectivity index (χ3n) is 5.87. The maximum absolute atomic E-state index is 13.3. The van der Waals surface area contributed by atoms with Crippen molar-refractivity contribution >= 4 is 15.8 Å². The summed E-state index contributed by atoms with van der Waals surface area (Å²) < 4.78 is 35.3. The van der Waals surface area contributed by atoms with Gasteiger partial charge in [0.15, 0.2) is 16.1 Å². The van der Waals surface area contributed by atoms with Gasteiger partial charge in [0.05, 0.1) is 35.7 Å². The van der Waals surface area contributed by atoms with Crippen molar-refractivity contribution < 1.29 is 43.1 Å². The average molecular weight is 490 g/mol. The highest BCUT2D eigenvalue weighted by Crippen LogP contribution is 2.24. The second-order valence-corrected chi connectivity index (χ2v) is 11.5. The van der Waals surface area contributed by atoms with E-state index in [0.717, 1.165) is 5.56 Å². The predicted octanol–water partition coefficient (Wildman–Crippen LogP) is -1.01. The van der Waals surface area contributed by atoms with Crippen LogP contribution in [-0.2, 0) is 30.5 Å². The molecule has 11 heteroatoms. The number of carbonyl (C=O) groups is 1. The Bertz CT molecular complexity index is 862. The van der Waals surface area contributed by atoms with Crippen molar-refractivity contribution in [3.8, 4) is 0 Å². The highest BCUT2D eigenvalue weighted by molar-refractivity contribution is 7.92. The molecule has 33 heavy (non-hydrogen) atoms. The molecule has 1 aliphatic heterocycles. The van der Waals surface area contributed by atoms with E-state index in [-0.39, 0.29) is 19.6 Å². The van der Waals surface area contributed by atoms with Gasteiger partial charge in [-0.2, -0.15) is 0 Å². The Labute approximate surface area is 194 Å². The van der Waals surface area contributed by atoms with Gasteiger partial charge in [0.25, 0.3) is 0 Å². The van der Waals surface area contributed by atoms with Crippen molar-refractivity contribution in [2.75, 3.05) is 25.5 Å². The number of aliphatic hydroxyl groups excluding tert-OH is 4. The Morgan fingerprint density at radius 3 is 2.39 bits per heavy atom. The van der Waals surface area contributed by atoms with Gasteiger partial charge in [-0.25, -0.2) is 8.42 Å². The van der Waals surface area contributed by atoms with E-state index < -0.39 is 69.5 Å². The number of benzene rings is 1. The number of rotatable bonds is 11. The molecule has 0 unspecified atom stereocenters. The predicted molar refractivity (Wildman–Crippen MR) is 120 cm³/mol. The van der Waals surface area contributed by atoms with Gasteiger partial charge in [-0.1, -0.05) is 30.3 Å². The summed E-state index contributed by atoms with van der Waals surface area (Å²) in [6, 6.07) is 7.87. The fourth-order valence-electron chi connectivity index (χ4n) is 3.65. The zero-order valence-corrected chi connectivity index (χ0v) is 19.9. The normalized spacial score (nSPS) is 27.2. The van der Waals surface area contributed by atoms with Crippen LogP contribution in [0.2, 0.25) is 0 Å². The van der Waals surface area contributed by atoms with Crippen LogP contribution in [-0.4, -0.2) is 95.7 Å². The Kier molecular flexibility index (Phi) is 9.80. The van der Waals surface area contributed by atoms with E-state index in [1.54, 1.807) is 19.1 Å². The zero-order chi connectivity index (χ0) is 24.8. The lowest BCUT2D eigenvalue weighted by Gasteiger charge is -2.41. The van der Waals surface area contributed by atoms with E-state index in [4.69, 9.17) is 9.47 Å². The maximum atomic E-state index is 13.3. The number of sulfone groups is 1. The van der Waals surface area contributed by atoms with E-state index in [1.807, 2.05) is 18.2 Å². The third kappa shape index (κ3) is 6.95. The maximum Gasteiger partial charge on any atom is 0.310 e. The molecule has 6 atom stereocenters. The van der Waals surface area contributed by atoms with Crippen molar-refractivity contribution in [2.24, 2.45) is 5.92 Å². The summed E-state index contributed by atoms with van der Waals surface area (Å²) in [6.07, 6.45) is -5.48. The number of hydrogen-bond donors (Lipinski definition) is 5. The molecule has 10 nitrogen and oxygen atoms in total. The molecule has 5 N–H and O–H groups in total. The van der Waals surface area contributed by atoms with Gasteiger partial charge in [-0.05, 0) is 32.8 Å². The van der Waals surface area contributed by atoms with Crippen molar-refractivity contribution in [2.45, 2.75) is 62.6 Å². The van der Waals surface area contributed by atoms with Crippen LogP contribution in [0.1, 0.15) is 26.3 Å². The van der Waals surface area contributed by atoms with Gasteiger partial charge < -0.3 is 35.2 Å². The first kappa shape index (κ1) is 27.6. The molecule has 0 aliphatic carbocycles. The van der Waals surface area contributed by atoms with Crippen molar-refractivity contribution in [1.29, 1.82) is 0 Å². The third-order valence-corrected chi connectivity index (χ3v) is 8.54. The van der Waals surface area contributed by atoms with Crippen LogP contribution < -0.4 is 5.32 Å². The molecule has 0 bridgehead atoms. The van der Waals surface area contributed by atoms with E-state index in [0.29, 0.717) is 0 Å². The summed E-state index contributed by atoms with van der Waals surface area (Å²) in [5.41, 5.74) is 0.805. The number of hydrogen-bond acceptors (Lipinski definition) is 10. The molecule has 188 valence electrons. The molecular weight excluding hydrogens is 454 g/mol. The fourth-order valence-corrected chi connectivity index (χ4v) is 5.19. The Balaban J connectivity index is 2.12. The van der Waals surface area contributed by atoms with Crippen LogP contribution in [0, 0.1) is 5.92 Å².